The highest BCUT2D eigenvalue weighted by molar-refractivity contribution is 6.31. The van der Waals surface area contributed by atoms with Gasteiger partial charge in [-0.05, 0) is 59.9 Å². The van der Waals surface area contributed by atoms with Crippen LogP contribution in [0.15, 0.2) is 65.5 Å². The van der Waals surface area contributed by atoms with Gasteiger partial charge < -0.3 is 10.6 Å². The molecule has 1 amide bonds. The Morgan fingerprint density at radius 3 is 2.44 bits per heavy atom. The van der Waals surface area contributed by atoms with Crippen LogP contribution < -0.4 is 16.3 Å². The highest BCUT2D eigenvalue weighted by Crippen LogP contribution is 2.52. The molecule has 0 spiro atoms. The number of carbonyl (C=O) groups excluding carboxylic acids is 1. The van der Waals surface area contributed by atoms with E-state index in [1.54, 1.807) is 24.3 Å². The van der Waals surface area contributed by atoms with Gasteiger partial charge in [0.1, 0.15) is 17.0 Å². The number of rotatable bonds is 6. The quantitative estimate of drug-likeness (QED) is 0.200. The van der Waals surface area contributed by atoms with Crippen molar-refractivity contribution in [2.45, 2.75) is 50.6 Å². The lowest BCUT2D eigenvalue weighted by atomic mass is 9.62. The topological polar surface area (TPSA) is 126 Å². The van der Waals surface area contributed by atoms with Crippen molar-refractivity contribution in [3.63, 3.8) is 0 Å². The normalized spacial score (nSPS) is 21.9. The molecule has 1 aromatic heterocycles. The molecule has 8 nitrogen and oxygen atoms in total. The van der Waals surface area contributed by atoms with Crippen molar-refractivity contribution >= 4 is 34.8 Å². The molecule has 1 fully saturated rings. The molecular weight excluding hydrogens is 597 g/mol. The first kappa shape index (κ1) is 30.4. The summed E-state index contributed by atoms with van der Waals surface area (Å²) < 4.78 is 31.6. The molecule has 1 saturated heterocycles. The maximum Gasteiger partial charge on any atom is 0.340 e. The van der Waals surface area contributed by atoms with Crippen molar-refractivity contribution in [2.24, 2.45) is 5.41 Å². The Labute approximate surface area is 256 Å². The first-order valence-corrected chi connectivity index (χ1v) is 14.2. The highest BCUT2D eigenvalue weighted by Gasteiger charge is 2.61. The Kier molecular flexibility index (Phi) is 8.18. The van der Waals surface area contributed by atoms with Crippen LogP contribution in [0.1, 0.15) is 44.2 Å². The lowest BCUT2D eigenvalue weighted by molar-refractivity contribution is -0.118. The molecule has 0 radical (unpaired) electrons. The van der Waals surface area contributed by atoms with Gasteiger partial charge >= 0.3 is 5.69 Å². The summed E-state index contributed by atoms with van der Waals surface area (Å²) in [5.41, 5.74) is -1.55. The largest absolute Gasteiger partial charge is 0.340 e. The standard InChI is InChI=1S/C31H28Cl2F2N6O2/c1-30(2,3)14-23-31(15-36,20-12-9-17(32)13-22(20)34)24(19-5-4-6-21(33)25(19)35)26(38-23)28(42)37-18-10-7-16(8-11-18)27-39-29(43)41-40-27/h4-13,23-24,26,38H,14H2,1-3H3,(H,37,42)(H2,39,40,41,43)/t23?,24?,26-,31+/m1/s1. The van der Waals surface area contributed by atoms with Gasteiger partial charge in [0.15, 0.2) is 5.82 Å². The summed E-state index contributed by atoms with van der Waals surface area (Å²) in [6.07, 6.45) is 0.349. The fraction of sp³-hybridized carbons (Fsp3) is 0.290. The van der Waals surface area contributed by atoms with E-state index in [0.717, 1.165) is 6.07 Å². The van der Waals surface area contributed by atoms with Crippen LogP contribution in [0.25, 0.3) is 11.4 Å². The number of nitrogens with one attached hydrogen (secondary N) is 4. The zero-order valence-corrected chi connectivity index (χ0v) is 24.9. The molecular formula is C31H28Cl2F2N6O2. The maximum absolute atomic E-state index is 15.8. The molecule has 12 heteroatoms. The summed E-state index contributed by atoms with van der Waals surface area (Å²) in [4.78, 5) is 28.0. The van der Waals surface area contributed by atoms with Crippen molar-refractivity contribution in [3.8, 4) is 17.5 Å². The number of nitrogens with zero attached hydrogens (tertiary/aromatic N) is 2. The molecule has 4 N–H and O–H groups in total. The van der Waals surface area contributed by atoms with Crippen LogP contribution in [0.2, 0.25) is 10.0 Å². The van der Waals surface area contributed by atoms with Gasteiger partial charge in [-0.25, -0.2) is 18.7 Å². The number of benzene rings is 3. The van der Waals surface area contributed by atoms with Gasteiger partial charge in [0.2, 0.25) is 5.91 Å². The van der Waals surface area contributed by atoms with Crippen LogP contribution in [-0.2, 0) is 10.2 Å². The van der Waals surface area contributed by atoms with Gasteiger partial charge in [0.25, 0.3) is 0 Å². The van der Waals surface area contributed by atoms with E-state index in [0.29, 0.717) is 23.5 Å². The third-order valence-electron chi connectivity index (χ3n) is 7.66. The monoisotopic (exact) mass is 624 g/mol. The number of hydrogen-bond acceptors (Lipinski definition) is 5. The van der Waals surface area contributed by atoms with E-state index in [9.17, 15) is 14.9 Å². The molecule has 5 rings (SSSR count). The van der Waals surface area contributed by atoms with Gasteiger partial charge in [-0.2, -0.15) is 10.4 Å². The maximum atomic E-state index is 15.8. The number of nitriles is 1. The minimum absolute atomic E-state index is 0.00169. The fourth-order valence-corrected chi connectivity index (χ4v) is 6.24. The number of amides is 1. The zero-order valence-electron chi connectivity index (χ0n) is 23.4. The Bertz CT molecular complexity index is 1780. The molecule has 43 heavy (non-hydrogen) atoms. The second-order valence-corrected chi connectivity index (χ2v) is 12.6. The van der Waals surface area contributed by atoms with Gasteiger partial charge in [-0.3, -0.25) is 9.78 Å². The first-order valence-electron chi connectivity index (χ1n) is 13.5. The summed E-state index contributed by atoms with van der Waals surface area (Å²) in [5, 5.41) is 23.2. The van der Waals surface area contributed by atoms with E-state index in [-0.39, 0.29) is 26.6 Å². The lowest BCUT2D eigenvalue weighted by Crippen LogP contribution is -2.45. The third kappa shape index (κ3) is 5.80. The van der Waals surface area contributed by atoms with Crippen LogP contribution in [0.3, 0.4) is 0 Å². The number of carbonyl (C=O) groups is 1. The van der Waals surface area contributed by atoms with Crippen molar-refractivity contribution < 1.29 is 13.6 Å². The van der Waals surface area contributed by atoms with E-state index in [4.69, 9.17) is 23.2 Å². The number of aromatic amines is 2. The summed E-state index contributed by atoms with van der Waals surface area (Å²) in [6.45, 7) is 5.89. The summed E-state index contributed by atoms with van der Waals surface area (Å²) in [6, 6.07) is 15.3. The lowest BCUT2D eigenvalue weighted by Gasteiger charge is -2.37. The molecule has 0 saturated carbocycles. The molecule has 2 unspecified atom stereocenters. The molecule has 1 aliphatic rings. The van der Waals surface area contributed by atoms with Crippen LogP contribution in [-0.4, -0.2) is 33.2 Å². The molecule has 2 heterocycles. The Balaban J connectivity index is 1.63. The van der Waals surface area contributed by atoms with Crippen molar-refractivity contribution in [1.29, 1.82) is 5.26 Å². The van der Waals surface area contributed by atoms with E-state index in [1.807, 2.05) is 20.8 Å². The molecule has 3 aromatic carbocycles. The second kappa shape index (κ2) is 11.6. The zero-order chi connectivity index (χ0) is 31.1. The summed E-state index contributed by atoms with van der Waals surface area (Å²) >= 11 is 12.3. The molecule has 4 aromatic rings. The van der Waals surface area contributed by atoms with Gasteiger partial charge in [-0.15, -0.1) is 0 Å². The predicted molar refractivity (Wildman–Crippen MR) is 161 cm³/mol. The Hall–Kier alpha value is -4.04. The number of aromatic nitrogens is 3. The molecule has 0 bridgehead atoms. The predicted octanol–water partition coefficient (Wildman–Crippen LogP) is 6.31. The third-order valence-corrected chi connectivity index (χ3v) is 8.19. The number of halogens is 4. The van der Waals surface area contributed by atoms with E-state index < -0.39 is 46.6 Å². The number of anilines is 1. The van der Waals surface area contributed by atoms with E-state index in [1.165, 1.54) is 30.3 Å². The highest BCUT2D eigenvalue weighted by atomic mass is 35.5. The number of H-pyrrole nitrogens is 2. The van der Waals surface area contributed by atoms with Crippen molar-refractivity contribution in [1.82, 2.24) is 20.5 Å². The average molecular weight is 626 g/mol. The first-order chi connectivity index (χ1) is 20.3. The van der Waals surface area contributed by atoms with E-state index >= 15 is 8.78 Å². The molecule has 0 aliphatic carbocycles. The second-order valence-electron chi connectivity index (χ2n) is 11.8. The SMILES string of the molecule is CC(C)(C)CC1N[C@@H](C(=O)Nc2ccc(-c3n[nH]c(=O)[nH]3)cc2)C(c2cccc(Cl)c2F)[C@@]1(C#N)c1ccc(Cl)cc1F. The van der Waals surface area contributed by atoms with Crippen LogP contribution in [0.4, 0.5) is 14.5 Å². The van der Waals surface area contributed by atoms with Crippen molar-refractivity contribution in [3.05, 3.63) is 104 Å². The minimum Gasteiger partial charge on any atom is -0.325 e. The molecule has 1 aliphatic heterocycles. The van der Waals surface area contributed by atoms with E-state index in [2.05, 4.69) is 31.9 Å². The smallest absolute Gasteiger partial charge is 0.325 e. The van der Waals surface area contributed by atoms with Crippen molar-refractivity contribution in [2.75, 3.05) is 5.32 Å². The summed E-state index contributed by atoms with van der Waals surface area (Å²) in [5.74, 6) is -2.96. The summed E-state index contributed by atoms with van der Waals surface area (Å²) in [7, 11) is 0. The fourth-order valence-electron chi connectivity index (χ4n) is 5.90. The minimum atomic E-state index is -1.73. The van der Waals surface area contributed by atoms with Gasteiger partial charge in [0, 0.05) is 33.8 Å². The van der Waals surface area contributed by atoms with Gasteiger partial charge in [-0.1, -0.05) is 62.2 Å². The Morgan fingerprint density at radius 2 is 1.84 bits per heavy atom. The number of hydrogen-bond donors (Lipinski definition) is 4. The molecule has 222 valence electrons. The average Bonchev–Trinajstić information content (AvgIpc) is 3.51. The van der Waals surface area contributed by atoms with Crippen LogP contribution in [0.5, 0.6) is 0 Å². The molecule has 4 atom stereocenters. The van der Waals surface area contributed by atoms with Gasteiger partial charge in [0.05, 0.1) is 17.1 Å². The van der Waals surface area contributed by atoms with Crippen LogP contribution >= 0.6 is 23.2 Å². The Morgan fingerprint density at radius 1 is 1.12 bits per heavy atom. The van der Waals surface area contributed by atoms with Crippen LogP contribution in [0, 0.1) is 28.4 Å².